The number of benzene rings is 2. The zero-order chi connectivity index (χ0) is 21.5. The predicted molar refractivity (Wildman–Crippen MR) is 111 cm³/mol. The first-order valence-electron chi connectivity index (χ1n) is 9.47. The van der Waals surface area contributed by atoms with Crippen LogP contribution in [0.25, 0.3) is 0 Å². The molecule has 0 saturated heterocycles. The molecule has 8 heteroatoms. The number of aromatic hydroxyl groups is 1. The van der Waals surface area contributed by atoms with Crippen LogP contribution in [-0.2, 0) is 17.8 Å². The van der Waals surface area contributed by atoms with Crippen molar-refractivity contribution >= 4 is 10.8 Å². The average molecular weight is 426 g/mol. The molecular formula is C22H22N2O5S. The highest BCUT2D eigenvalue weighted by Crippen LogP contribution is 2.42. The lowest BCUT2D eigenvalue weighted by Gasteiger charge is -2.37. The van der Waals surface area contributed by atoms with E-state index in [-0.39, 0.29) is 11.3 Å². The highest BCUT2D eigenvalue weighted by Gasteiger charge is 2.36. The van der Waals surface area contributed by atoms with E-state index < -0.39 is 22.5 Å². The molecule has 3 aromatic rings. The van der Waals surface area contributed by atoms with Crippen molar-refractivity contribution in [1.82, 2.24) is 9.78 Å². The molecule has 1 aliphatic rings. The van der Waals surface area contributed by atoms with Crippen molar-refractivity contribution in [3.8, 4) is 17.4 Å². The van der Waals surface area contributed by atoms with Crippen LogP contribution in [0.2, 0.25) is 0 Å². The SMILES string of the molecule is Cn1nc(OC2CC(C)(C)Oc3ccc(S(=O)c4cccc(O)c4)cc32)ccc1=O. The van der Waals surface area contributed by atoms with Crippen LogP contribution < -0.4 is 15.0 Å². The Morgan fingerprint density at radius 3 is 2.67 bits per heavy atom. The Bertz CT molecular complexity index is 1190. The van der Waals surface area contributed by atoms with E-state index in [2.05, 4.69) is 5.10 Å². The van der Waals surface area contributed by atoms with Crippen molar-refractivity contribution in [3.63, 3.8) is 0 Å². The van der Waals surface area contributed by atoms with Gasteiger partial charge in [0.2, 0.25) is 5.88 Å². The first-order valence-corrected chi connectivity index (χ1v) is 10.6. The number of hydrogen-bond acceptors (Lipinski definition) is 6. The molecule has 2 heterocycles. The highest BCUT2D eigenvalue weighted by molar-refractivity contribution is 7.85. The van der Waals surface area contributed by atoms with Gasteiger partial charge in [0, 0.05) is 41.0 Å². The third-order valence-electron chi connectivity index (χ3n) is 4.84. The molecule has 2 aromatic carbocycles. The number of fused-ring (bicyclic) bond motifs is 1. The van der Waals surface area contributed by atoms with E-state index >= 15 is 0 Å². The van der Waals surface area contributed by atoms with Crippen molar-refractivity contribution in [2.75, 3.05) is 0 Å². The van der Waals surface area contributed by atoms with Crippen LogP contribution in [0.3, 0.4) is 0 Å². The van der Waals surface area contributed by atoms with E-state index in [0.717, 1.165) is 5.56 Å². The van der Waals surface area contributed by atoms with Gasteiger partial charge < -0.3 is 14.6 Å². The van der Waals surface area contributed by atoms with Gasteiger partial charge in [0.05, 0.1) is 10.8 Å². The minimum absolute atomic E-state index is 0.0610. The normalized spacial score (nSPS) is 18.2. The molecule has 0 aliphatic carbocycles. The maximum Gasteiger partial charge on any atom is 0.266 e. The van der Waals surface area contributed by atoms with Crippen LogP contribution in [0.5, 0.6) is 17.4 Å². The molecule has 0 spiro atoms. The Hall–Kier alpha value is -3.13. The summed E-state index contributed by atoms with van der Waals surface area (Å²) in [5, 5.41) is 13.9. The zero-order valence-corrected chi connectivity index (χ0v) is 17.7. The Labute approximate surface area is 176 Å². The topological polar surface area (TPSA) is 90.7 Å². The summed E-state index contributed by atoms with van der Waals surface area (Å²) in [6.45, 7) is 3.94. The van der Waals surface area contributed by atoms with E-state index in [1.807, 2.05) is 13.8 Å². The van der Waals surface area contributed by atoms with E-state index in [9.17, 15) is 14.1 Å². The van der Waals surface area contributed by atoms with Crippen molar-refractivity contribution in [2.45, 2.75) is 41.8 Å². The standard InChI is InChI=1S/C22H22N2O5S/c1-22(2)13-19(28-20-9-10-21(26)24(3)23-20)17-12-16(7-8-18(17)29-22)30(27)15-6-4-5-14(25)11-15/h4-12,19,25H,13H2,1-3H3. The molecule has 0 radical (unpaired) electrons. The van der Waals surface area contributed by atoms with Gasteiger partial charge >= 0.3 is 0 Å². The fourth-order valence-corrected chi connectivity index (χ4v) is 4.54. The van der Waals surface area contributed by atoms with Crippen molar-refractivity contribution in [3.05, 3.63) is 70.5 Å². The van der Waals surface area contributed by atoms with Gasteiger partial charge in [-0.25, -0.2) is 8.89 Å². The molecule has 1 N–H and O–H groups in total. The highest BCUT2D eigenvalue weighted by atomic mass is 32.2. The second kappa shape index (κ2) is 7.60. The van der Waals surface area contributed by atoms with Crippen LogP contribution in [0, 0.1) is 0 Å². The number of aromatic nitrogens is 2. The number of ether oxygens (including phenoxy) is 2. The lowest BCUT2D eigenvalue weighted by molar-refractivity contribution is 0.0195. The minimum atomic E-state index is -1.47. The molecule has 0 bridgehead atoms. The quantitative estimate of drug-likeness (QED) is 0.688. The van der Waals surface area contributed by atoms with Crippen LogP contribution in [0.4, 0.5) is 0 Å². The lowest BCUT2D eigenvalue weighted by atomic mass is 9.91. The van der Waals surface area contributed by atoms with Crippen molar-refractivity contribution in [1.29, 1.82) is 0 Å². The molecule has 7 nitrogen and oxygen atoms in total. The monoisotopic (exact) mass is 426 g/mol. The maximum absolute atomic E-state index is 13.0. The summed E-state index contributed by atoms with van der Waals surface area (Å²) < 4.78 is 26.5. The predicted octanol–water partition coefficient (Wildman–Crippen LogP) is 3.33. The number of phenolic OH excluding ortho intramolecular Hbond substituents is 1. The summed E-state index contributed by atoms with van der Waals surface area (Å²) in [6.07, 6.45) is 0.155. The molecule has 0 fully saturated rings. The van der Waals surface area contributed by atoms with Crippen molar-refractivity contribution in [2.24, 2.45) is 7.05 Å². The van der Waals surface area contributed by atoms with Gasteiger partial charge in [-0.05, 0) is 50.2 Å². The van der Waals surface area contributed by atoms with Gasteiger partial charge in [-0.1, -0.05) is 6.07 Å². The summed E-state index contributed by atoms with van der Waals surface area (Å²) in [7, 11) is 0.0884. The Kier molecular flexibility index (Phi) is 5.11. The maximum atomic E-state index is 13.0. The molecule has 2 atom stereocenters. The smallest absolute Gasteiger partial charge is 0.266 e. The molecular weight excluding hydrogens is 404 g/mol. The number of nitrogens with zero attached hydrogens (tertiary/aromatic N) is 2. The Balaban J connectivity index is 1.71. The molecule has 30 heavy (non-hydrogen) atoms. The van der Waals surface area contributed by atoms with E-state index in [0.29, 0.717) is 27.8 Å². The van der Waals surface area contributed by atoms with Crippen LogP contribution in [0.1, 0.15) is 31.9 Å². The van der Waals surface area contributed by atoms with Crippen molar-refractivity contribution < 1.29 is 18.8 Å². The molecule has 0 saturated carbocycles. The molecule has 2 unspecified atom stereocenters. The molecule has 0 amide bonds. The van der Waals surface area contributed by atoms with E-state index in [1.54, 1.807) is 43.4 Å². The van der Waals surface area contributed by atoms with Crippen LogP contribution >= 0.6 is 0 Å². The summed E-state index contributed by atoms with van der Waals surface area (Å²) >= 11 is 0. The Morgan fingerprint density at radius 2 is 1.93 bits per heavy atom. The first-order chi connectivity index (χ1) is 14.2. The fourth-order valence-electron chi connectivity index (χ4n) is 3.41. The fraction of sp³-hybridized carbons (Fsp3) is 0.273. The summed E-state index contributed by atoms with van der Waals surface area (Å²) in [6, 6.07) is 14.7. The molecule has 156 valence electrons. The molecule has 1 aliphatic heterocycles. The largest absolute Gasteiger partial charge is 0.508 e. The van der Waals surface area contributed by atoms with Gasteiger partial charge in [-0.3, -0.25) is 4.79 Å². The van der Waals surface area contributed by atoms with Crippen LogP contribution in [-0.4, -0.2) is 24.7 Å². The summed E-state index contributed by atoms with van der Waals surface area (Å²) in [5.41, 5.74) is 0.0688. The number of hydrogen-bond donors (Lipinski definition) is 1. The van der Waals surface area contributed by atoms with E-state index in [4.69, 9.17) is 9.47 Å². The second-order valence-electron chi connectivity index (χ2n) is 7.77. The third-order valence-corrected chi connectivity index (χ3v) is 6.20. The summed E-state index contributed by atoms with van der Waals surface area (Å²) in [5.74, 6) is 1.04. The zero-order valence-electron chi connectivity index (χ0n) is 16.9. The summed E-state index contributed by atoms with van der Waals surface area (Å²) in [4.78, 5) is 12.7. The average Bonchev–Trinajstić information content (AvgIpc) is 2.69. The molecule has 1 aromatic heterocycles. The van der Waals surface area contributed by atoms with E-state index in [1.165, 1.54) is 22.9 Å². The third kappa shape index (κ3) is 4.09. The van der Waals surface area contributed by atoms with Gasteiger partial charge in [0.25, 0.3) is 5.56 Å². The lowest BCUT2D eigenvalue weighted by Crippen LogP contribution is -2.36. The van der Waals surface area contributed by atoms with Gasteiger partial charge in [0.15, 0.2) is 0 Å². The van der Waals surface area contributed by atoms with Gasteiger partial charge in [0.1, 0.15) is 23.2 Å². The second-order valence-corrected chi connectivity index (χ2v) is 9.25. The first kappa shape index (κ1) is 20.2. The Morgan fingerprint density at radius 1 is 1.17 bits per heavy atom. The van der Waals surface area contributed by atoms with Crippen LogP contribution in [0.15, 0.2) is 69.2 Å². The number of aryl methyl sites for hydroxylation is 1. The molecule has 4 rings (SSSR count). The van der Waals surface area contributed by atoms with Gasteiger partial charge in [-0.2, -0.15) is 0 Å². The number of phenols is 1. The minimum Gasteiger partial charge on any atom is -0.508 e. The van der Waals surface area contributed by atoms with Gasteiger partial charge in [-0.15, -0.1) is 5.10 Å². The number of rotatable bonds is 4.